The van der Waals surface area contributed by atoms with Crippen molar-refractivity contribution >= 4 is 17.1 Å². The molecule has 0 atom stereocenters. The summed E-state index contributed by atoms with van der Waals surface area (Å²) in [7, 11) is 0. The maximum absolute atomic E-state index is 11.0. The van der Waals surface area contributed by atoms with Crippen molar-refractivity contribution < 1.29 is 14.3 Å². The van der Waals surface area contributed by atoms with Crippen LogP contribution in [-0.2, 0) is 6.54 Å². The highest BCUT2D eigenvalue weighted by Crippen LogP contribution is 2.20. The van der Waals surface area contributed by atoms with Crippen molar-refractivity contribution in [1.29, 1.82) is 0 Å². The first kappa shape index (κ1) is 10.5. The monoisotopic (exact) mass is 243 g/mol. The molecule has 0 unspecified atom stereocenters. The minimum Gasteiger partial charge on any atom is -0.478 e. The topological polar surface area (TPSA) is 81.1 Å². The highest BCUT2D eigenvalue weighted by atomic mass is 16.4. The minimum atomic E-state index is -1.01. The van der Waals surface area contributed by atoms with Crippen molar-refractivity contribution in [2.45, 2.75) is 6.54 Å². The molecule has 0 aliphatic carbocycles. The van der Waals surface area contributed by atoms with E-state index in [0.717, 1.165) is 0 Å². The third-order valence-electron chi connectivity index (χ3n) is 2.55. The van der Waals surface area contributed by atoms with E-state index in [9.17, 15) is 4.79 Å². The summed E-state index contributed by atoms with van der Waals surface area (Å²) in [6, 6.07) is 6.63. The van der Waals surface area contributed by atoms with Crippen molar-refractivity contribution in [2.24, 2.45) is 0 Å². The number of oxazole rings is 1. The summed E-state index contributed by atoms with van der Waals surface area (Å²) in [5.41, 5.74) is 0.979. The van der Waals surface area contributed by atoms with Gasteiger partial charge in [0.05, 0.1) is 5.56 Å². The number of para-hydroxylation sites is 1. The highest BCUT2D eigenvalue weighted by molar-refractivity contribution is 6.00. The van der Waals surface area contributed by atoms with Crippen molar-refractivity contribution in [3.8, 4) is 0 Å². The Morgan fingerprint density at radius 1 is 1.39 bits per heavy atom. The summed E-state index contributed by atoms with van der Waals surface area (Å²) in [5.74, 6) is -0.582. The van der Waals surface area contributed by atoms with Crippen LogP contribution in [0.2, 0.25) is 0 Å². The number of aromatic nitrogens is 3. The number of hydrogen-bond donors (Lipinski definition) is 1. The molecule has 0 fully saturated rings. The highest BCUT2D eigenvalue weighted by Gasteiger charge is 2.14. The molecule has 1 N–H and O–H groups in total. The SMILES string of the molecule is O=C(O)c1cccc2oc(Cn3cccn3)nc12. The Hall–Kier alpha value is -2.63. The molecule has 6 nitrogen and oxygen atoms in total. The lowest BCUT2D eigenvalue weighted by atomic mass is 10.2. The summed E-state index contributed by atoms with van der Waals surface area (Å²) in [5, 5.41) is 13.1. The van der Waals surface area contributed by atoms with E-state index in [0.29, 0.717) is 23.5 Å². The predicted octanol–water partition coefficient (Wildman–Crippen LogP) is 1.77. The van der Waals surface area contributed by atoms with E-state index in [-0.39, 0.29) is 5.56 Å². The van der Waals surface area contributed by atoms with Crippen LogP contribution in [0.3, 0.4) is 0 Å². The Morgan fingerprint density at radius 3 is 3.00 bits per heavy atom. The fourth-order valence-corrected chi connectivity index (χ4v) is 1.77. The molecule has 1 aromatic carbocycles. The third kappa shape index (κ3) is 1.73. The Bertz CT molecular complexity index is 701. The molecule has 0 saturated heterocycles. The average Bonchev–Trinajstić information content (AvgIpc) is 2.96. The molecule has 0 aliphatic heterocycles. The number of rotatable bonds is 3. The first-order valence-corrected chi connectivity index (χ1v) is 5.33. The van der Waals surface area contributed by atoms with E-state index in [1.165, 1.54) is 6.07 Å². The summed E-state index contributed by atoms with van der Waals surface area (Å²) in [6.07, 6.45) is 3.44. The number of hydrogen-bond acceptors (Lipinski definition) is 4. The Balaban J connectivity index is 2.05. The van der Waals surface area contributed by atoms with Crippen LogP contribution in [0.5, 0.6) is 0 Å². The van der Waals surface area contributed by atoms with Gasteiger partial charge in [-0.25, -0.2) is 9.78 Å². The van der Waals surface area contributed by atoms with Crippen LogP contribution in [0, 0.1) is 0 Å². The number of benzene rings is 1. The van der Waals surface area contributed by atoms with Crippen LogP contribution < -0.4 is 0 Å². The molecule has 0 saturated carbocycles. The zero-order valence-corrected chi connectivity index (χ0v) is 9.28. The Kier molecular flexibility index (Phi) is 2.33. The van der Waals surface area contributed by atoms with Gasteiger partial charge in [-0.2, -0.15) is 5.10 Å². The van der Waals surface area contributed by atoms with Gasteiger partial charge in [0.2, 0.25) is 5.89 Å². The lowest BCUT2D eigenvalue weighted by Crippen LogP contribution is -2.00. The number of carboxylic acids is 1. The number of fused-ring (bicyclic) bond motifs is 1. The first-order chi connectivity index (χ1) is 8.74. The van der Waals surface area contributed by atoms with Gasteiger partial charge >= 0.3 is 5.97 Å². The van der Waals surface area contributed by atoms with Crippen LogP contribution in [0.4, 0.5) is 0 Å². The van der Waals surface area contributed by atoms with E-state index in [2.05, 4.69) is 10.1 Å². The van der Waals surface area contributed by atoms with Crippen molar-refractivity contribution in [1.82, 2.24) is 14.8 Å². The fraction of sp³-hybridized carbons (Fsp3) is 0.0833. The molecule has 90 valence electrons. The lowest BCUT2D eigenvalue weighted by Gasteiger charge is -1.94. The van der Waals surface area contributed by atoms with Gasteiger partial charge < -0.3 is 9.52 Å². The molecule has 0 spiro atoms. The maximum Gasteiger partial charge on any atom is 0.338 e. The number of aromatic carboxylic acids is 1. The van der Waals surface area contributed by atoms with Gasteiger partial charge in [-0.1, -0.05) is 6.07 Å². The largest absolute Gasteiger partial charge is 0.478 e. The molecule has 2 aromatic heterocycles. The van der Waals surface area contributed by atoms with Crippen molar-refractivity contribution in [2.75, 3.05) is 0 Å². The van der Waals surface area contributed by atoms with Gasteiger partial charge in [-0.15, -0.1) is 0 Å². The van der Waals surface area contributed by atoms with Gasteiger partial charge in [-0.05, 0) is 18.2 Å². The van der Waals surface area contributed by atoms with Crippen LogP contribution in [0.25, 0.3) is 11.1 Å². The molecule has 18 heavy (non-hydrogen) atoms. The zero-order chi connectivity index (χ0) is 12.5. The molecular formula is C12H9N3O3. The molecule has 0 aliphatic rings. The smallest absolute Gasteiger partial charge is 0.338 e. The maximum atomic E-state index is 11.0. The van der Waals surface area contributed by atoms with Gasteiger partial charge in [0.25, 0.3) is 0 Å². The Morgan fingerprint density at radius 2 is 2.28 bits per heavy atom. The van der Waals surface area contributed by atoms with E-state index in [1.807, 2.05) is 0 Å². The van der Waals surface area contributed by atoms with Crippen LogP contribution in [0.15, 0.2) is 41.1 Å². The second-order valence-electron chi connectivity index (χ2n) is 3.77. The summed E-state index contributed by atoms with van der Waals surface area (Å²) < 4.78 is 7.15. The predicted molar refractivity (Wildman–Crippen MR) is 62.3 cm³/mol. The van der Waals surface area contributed by atoms with Crippen molar-refractivity contribution in [3.05, 3.63) is 48.1 Å². The van der Waals surface area contributed by atoms with Crippen LogP contribution in [0.1, 0.15) is 16.2 Å². The van der Waals surface area contributed by atoms with Gasteiger partial charge in [0, 0.05) is 12.4 Å². The molecule has 6 heteroatoms. The zero-order valence-electron chi connectivity index (χ0n) is 9.28. The van der Waals surface area contributed by atoms with Crippen LogP contribution in [-0.4, -0.2) is 25.8 Å². The molecule has 3 rings (SSSR count). The van der Waals surface area contributed by atoms with E-state index >= 15 is 0 Å². The van der Waals surface area contributed by atoms with E-state index in [4.69, 9.17) is 9.52 Å². The molecule has 0 bridgehead atoms. The van der Waals surface area contributed by atoms with Gasteiger partial charge in [-0.3, -0.25) is 4.68 Å². The third-order valence-corrected chi connectivity index (χ3v) is 2.55. The normalized spacial score (nSPS) is 10.9. The molecular weight excluding hydrogens is 234 g/mol. The number of carbonyl (C=O) groups is 1. The van der Waals surface area contributed by atoms with Gasteiger partial charge in [0.1, 0.15) is 12.1 Å². The number of nitrogens with zero attached hydrogens (tertiary/aromatic N) is 3. The molecule has 2 heterocycles. The van der Waals surface area contributed by atoms with E-state index < -0.39 is 5.97 Å². The molecule has 0 amide bonds. The summed E-state index contributed by atoms with van der Waals surface area (Å²) in [4.78, 5) is 15.2. The summed E-state index contributed by atoms with van der Waals surface area (Å²) in [6.45, 7) is 0.376. The average molecular weight is 243 g/mol. The Labute approximate surface area is 101 Å². The van der Waals surface area contributed by atoms with Crippen molar-refractivity contribution in [3.63, 3.8) is 0 Å². The number of carboxylic acid groups (broad SMARTS) is 1. The second-order valence-corrected chi connectivity index (χ2v) is 3.77. The molecule has 0 radical (unpaired) electrons. The first-order valence-electron chi connectivity index (χ1n) is 5.33. The molecule has 3 aromatic rings. The lowest BCUT2D eigenvalue weighted by molar-refractivity contribution is 0.0699. The minimum absolute atomic E-state index is 0.142. The quantitative estimate of drug-likeness (QED) is 0.758. The fourth-order valence-electron chi connectivity index (χ4n) is 1.77. The standard InChI is InChI=1S/C12H9N3O3/c16-12(17)8-3-1-4-9-11(8)14-10(18-9)7-15-6-2-5-13-15/h1-6H,7H2,(H,16,17). The summed E-state index contributed by atoms with van der Waals surface area (Å²) >= 11 is 0. The van der Waals surface area contributed by atoms with Crippen LogP contribution >= 0.6 is 0 Å². The van der Waals surface area contributed by atoms with Gasteiger partial charge in [0.15, 0.2) is 5.58 Å². The second kappa shape index (κ2) is 3.99. The van der Waals surface area contributed by atoms with E-state index in [1.54, 1.807) is 35.3 Å².